The molecular weight excluding hydrogens is 435 g/mol. The molecule has 0 saturated heterocycles. The van der Waals surface area contributed by atoms with Crippen molar-refractivity contribution in [1.29, 1.82) is 0 Å². The standard InChI is InChI=1S/C24H20ClFN2O2S/c1-13-9-10-15(11-14(13)2)28-22(29)21-16-5-3-8-20(16)31-23(21)27(24(28)30)12-17-18(25)6-4-7-19(17)26/h4,6-7,9-11H,3,5,8,12H2,1-2H3. The Balaban J connectivity index is 1.85. The fourth-order valence-electron chi connectivity index (χ4n) is 4.28. The molecule has 1 aliphatic carbocycles. The van der Waals surface area contributed by atoms with Crippen molar-refractivity contribution in [2.24, 2.45) is 0 Å². The van der Waals surface area contributed by atoms with Gasteiger partial charge in [-0.25, -0.2) is 13.8 Å². The number of aryl methyl sites for hydroxylation is 4. The Morgan fingerprint density at radius 2 is 1.90 bits per heavy atom. The lowest BCUT2D eigenvalue weighted by Crippen LogP contribution is -2.39. The smallest absolute Gasteiger partial charge is 0.279 e. The molecule has 2 aromatic carbocycles. The quantitative estimate of drug-likeness (QED) is 0.429. The maximum atomic E-state index is 14.6. The van der Waals surface area contributed by atoms with Crippen LogP contribution in [0.4, 0.5) is 4.39 Å². The lowest BCUT2D eigenvalue weighted by atomic mass is 10.1. The summed E-state index contributed by atoms with van der Waals surface area (Å²) in [6, 6.07) is 10.0. The largest absolute Gasteiger partial charge is 0.337 e. The number of thiophene rings is 1. The maximum Gasteiger partial charge on any atom is 0.337 e. The fraction of sp³-hybridized carbons (Fsp3) is 0.250. The number of benzene rings is 2. The lowest BCUT2D eigenvalue weighted by molar-refractivity contribution is 0.595. The molecule has 0 fully saturated rings. The molecule has 0 saturated carbocycles. The van der Waals surface area contributed by atoms with Crippen LogP contribution in [0.25, 0.3) is 15.9 Å². The third kappa shape index (κ3) is 3.17. The van der Waals surface area contributed by atoms with Gasteiger partial charge in [0.05, 0.1) is 17.6 Å². The molecule has 0 unspecified atom stereocenters. The predicted octanol–water partition coefficient (Wildman–Crippen LogP) is 5.16. The molecule has 0 N–H and O–H groups in total. The van der Waals surface area contributed by atoms with E-state index in [1.54, 1.807) is 12.1 Å². The highest BCUT2D eigenvalue weighted by atomic mass is 35.5. The molecule has 0 radical (unpaired) electrons. The molecule has 0 amide bonds. The van der Waals surface area contributed by atoms with Crippen LogP contribution in [0.1, 0.15) is 33.6 Å². The first-order valence-electron chi connectivity index (χ1n) is 10.2. The van der Waals surface area contributed by atoms with Crippen molar-refractivity contribution in [2.45, 2.75) is 39.7 Å². The third-order valence-corrected chi connectivity index (χ3v) is 7.78. The van der Waals surface area contributed by atoms with Gasteiger partial charge >= 0.3 is 5.69 Å². The monoisotopic (exact) mass is 454 g/mol. The van der Waals surface area contributed by atoms with Gasteiger partial charge in [0.1, 0.15) is 10.6 Å². The van der Waals surface area contributed by atoms with Crippen LogP contribution < -0.4 is 11.2 Å². The van der Waals surface area contributed by atoms with E-state index in [0.717, 1.165) is 40.8 Å². The second-order valence-electron chi connectivity index (χ2n) is 8.02. The summed E-state index contributed by atoms with van der Waals surface area (Å²) >= 11 is 7.73. The van der Waals surface area contributed by atoms with Gasteiger partial charge in [-0.3, -0.25) is 9.36 Å². The molecule has 5 rings (SSSR count). The van der Waals surface area contributed by atoms with E-state index in [2.05, 4.69) is 0 Å². The minimum absolute atomic E-state index is 0.0364. The second-order valence-corrected chi connectivity index (χ2v) is 9.51. The molecule has 158 valence electrons. The SMILES string of the molecule is Cc1ccc(-n2c(=O)c3c4c(sc3n(Cc3c(F)cccc3Cl)c2=O)CCC4)cc1C. The average Bonchev–Trinajstić information content (AvgIpc) is 3.31. The zero-order valence-electron chi connectivity index (χ0n) is 17.2. The normalized spacial score (nSPS) is 13.2. The lowest BCUT2D eigenvalue weighted by Gasteiger charge is -2.14. The van der Waals surface area contributed by atoms with Crippen molar-refractivity contribution in [1.82, 2.24) is 9.13 Å². The number of rotatable bonds is 3. The van der Waals surface area contributed by atoms with E-state index in [0.29, 0.717) is 15.9 Å². The summed E-state index contributed by atoms with van der Waals surface area (Å²) in [5.74, 6) is -0.472. The van der Waals surface area contributed by atoms with Crippen molar-refractivity contribution >= 4 is 33.2 Å². The Hall–Kier alpha value is -2.70. The van der Waals surface area contributed by atoms with Crippen molar-refractivity contribution < 1.29 is 4.39 Å². The van der Waals surface area contributed by atoms with Gasteiger partial charge in [-0.1, -0.05) is 23.7 Å². The van der Waals surface area contributed by atoms with E-state index in [1.807, 2.05) is 26.0 Å². The molecule has 7 heteroatoms. The van der Waals surface area contributed by atoms with Gasteiger partial charge < -0.3 is 0 Å². The van der Waals surface area contributed by atoms with Gasteiger partial charge in [-0.05, 0) is 74.1 Å². The Morgan fingerprint density at radius 3 is 2.65 bits per heavy atom. The van der Waals surface area contributed by atoms with E-state index in [9.17, 15) is 14.0 Å². The highest BCUT2D eigenvalue weighted by molar-refractivity contribution is 7.18. The fourth-order valence-corrected chi connectivity index (χ4v) is 5.88. The van der Waals surface area contributed by atoms with Crippen molar-refractivity contribution in [2.75, 3.05) is 0 Å². The molecule has 2 aromatic heterocycles. The molecule has 2 heterocycles. The highest BCUT2D eigenvalue weighted by Crippen LogP contribution is 2.36. The first kappa shape index (κ1) is 20.2. The van der Waals surface area contributed by atoms with Crippen LogP contribution in [-0.2, 0) is 19.4 Å². The maximum absolute atomic E-state index is 14.6. The molecule has 0 aliphatic heterocycles. The summed E-state index contributed by atoms with van der Waals surface area (Å²) in [5.41, 5.74) is 3.06. The summed E-state index contributed by atoms with van der Waals surface area (Å²) in [5, 5.41) is 0.830. The number of nitrogens with zero attached hydrogens (tertiary/aromatic N) is 2. The first-order valence-corrected chi connectivity index (χ1v) is 11.4. The van der Waals surface area contributed by atoms with Gasteiger partial charge in [0.25, 0.3) is 5.56 Å². The molecule has 0 spiro atoms. The first-order chi connectivity index (χ1) is 14.9. The summed E-state index contributed by atoms with van der Waals surface area (Å²) in [6.45, 7) is 3.89. The van der Waals surface area contributed by atoms with Crippen LogP contribution in [0, 0.1) is 19.7 Å². The second kappa shape index (κ2) is 7.46. The van der Waals surface area contributed by atoms with Crippen LogP contribution in [-0.4, -0.2) is 9.13 Å². The van der Waals surface area contributed by atoms with E-state index in [1.165, 1.54) is 32.6 Å². The summed E-state index contributed by atoms with van der Waals surface area (Å²) < 4.78 is 17.3. The molecule has 0 bridgehead atoms. The number of hydrogen-bond acceptors (Lipinski definition) is 3. The van der Waals surface area contributed by atoms with Gasteiger partial charge in [0.15, 0.2) is 0 Å². The topological polar surface area (TPSA) is 44.0 Å². The third-order valence-electron chi connectivity index (χ3n) is 6.11. The van der Waals surface area contributed by atoms with E-state index in [-0.39, 0.29) is 22.7 Å². The van der Waals surface area contributed by atoms with Gasteiger partial charge in [0, 0.05) is 15.5 Å². The number of aromatic nitrogens is 2. The molecule has 1 aliphatic rings. The Labute approximate surface area is 187 Å². The summed E-state index contributed by atoms with van der Waals surface area (Å²) in [4.78, 5) is 28.9. The highest BCUT2D eigenvalue weighted by Gasteiger charge is 2.26. The minimum Gasteiger partial charge on any atom is -0.279 e. The van der Waals surface area contributed by atoms with Crippen LogP contribution in [0.5, 0.6) is 0 Å². The van der Waals surface area contributed by atoms with Gasteiger partial charge in [0.2, 0.25) is 0 Å². The Kier molecular flexibility index (Phi) is 4.87. The average molecular weight is 455 g/mol. The zero-order chi connectivity index (χ0) is 21.9. The summed E-state index contributed by atoms with van der Waals surface area (Å²) in [6.07, 6.45) is 2.71. The molecule has 4 nitrogen and oxygen atoms in total. The van der Waals surface area contributed by atoms with Crippen molar-refractivity contribution in [3.8, 4) is 5.69 Å². The van der Waals surface area contributed by atoms with E-state index in [4.69, 9.17) is 11.6 Å². The number of halogens is 2. The Bertz CT molecular complexity index is 1460. The van der Waals surface area contributed by atoms with Crippen molar-refractivity contribution in [3.05, 3.63) is 95.2 Å². The van der Waals surface area contributed by atoms with E-state index < -0.39 is 11.5 Å². The summed E-state index contributed by atoms with van der Waals surface area (Å²) in [7, 11) is 0. The Morgan fingerprint density at radius 1 is 1.10 bits per heavy atom. The number of fused-ring (bicyclic) bond motifs is 3. The molecule has 4 aromatic rings. The van der Waals surface area contributed by atoms with E-state index >= 15 is 0 Å². The zero-order valence-corrected chi connectivity index (χ0v) is 18.7. The molecule has 31 heavy (non-hydrogen) atoms. The van der Waals surface area contributed by atoms with Gasteiger partial charge in [-0.15, -0.1) is 11.3 Å². The molecule has 0 atom stereocenters. The van der Waals surface area contributed by atoms with Crippen LogP contribution in [0.2, 0.25) is 5.02 Å². The van der Waals surface area contributed by atoms with Crippen LogP contribution >= 0.6 is 22.9 Å². The van der Waals surface area contributed by atoms with Crippen LogP contribution in [0.3, 0.4) is 0 Å². The van der Waals surface area contributed by atoms with Gasteiger partial charge in [-0.2, -0.15) is 0 Å². The molecular formula is C24H20ClFN2O2S. The minimum atomic E-state index is -0.486. The predicted molar refractivity (Wildman–Crippen MR) is 124 cm³/mol. The van der Waals surface area contributed by atoms with Crippen LogP contribution in [0.15, 0.2) is 46.0 Å². The van der Waals surface area contributed by atoms with Crippen molar-refractivity contribution in [3.63, 3.8) is 0 Å². The number of hydrogen-bond donors (Lipinski definition) is 0.